The Morgan fingerprint density at radius 2 is 2.24 bits per heavy atom. The van der Waals surface area contributed by atoms with E-state index in [9.17, 15) is 9.59 Å². The molecule has 1 rings (SSSR count). The molecule has 0 saturated carbocycles. The summed E-state index contributed by atoms with van der Waals surface area (Å²) in [7, 11) is 1.70. The van der Waals surface area contributed by atoms with Crippen LogP contribution < -0.4 is 5.32 Å². The van der Waals surface area contributed by atoms with E-state index in [4.69, 9.17) is 5.11 Å². The van der Waals surface area contributed by atoms with Crippen molar-refractivity contribution in [3.05, 3.63) is 23.9 Å². The first-order valence-electron chi connectivity index (χ1n) is 5.21. The molecule has 1 aromatic rings. The smallest absolute Gasteiger partial charge is 0.335 e. The van der Waals surface area contributed by atoms with Crippen LogP contribution in [-0.4, -0.2) is 47.0 Å². The molecule has 0 aliphatic heterocycles. The Morgan fingerprint density at radius 1 is 1.53 bits per heavy atom. The van der Waals surface area contributed by atoms with Gasteiger partial charge in [-0.15, -0.1) is 0 Å². The van der Waals surface area contributed by atoms with Crippen molar-refractivity contribution in [2.24, 2.45) is 0 Å². The molecule has 6 heteroatoms. The van der Waals surface area contributed by atoms with Gasteiger partial charge in [-0.3, -0.25) is 4.79 Å². The number of hydrogen-bond acceptors (Lipinski definition) is 4. The van der Waals surface area contributed by atoms with Crippen molar-refractivity contribution >= 4 is 17.7 Å². The third-order valence-electron chi connectivity index (χ3n) is 2.33. The Balaban J connectivity index is 2.60. The molecular formula is C11H15N3O3. The highest BCUT2D eigenvalue weighted by Crippen LogP contribution is 2.06. The molecule has 0 aliphatic rings. The summed E-state index contributed by atoms with van der Waals surface area (Å²) in [4.78, 5) is 27.7. The summed E-state index contributed by atoms with van der Waals surface area (Å²) in [5, 5.41) is 11.6. The largest absolute Gasteiger partial charge is 0.478 e. The number of nitrogens with one attached hydrogen (secondary N) is 1. The summed E-state index contributed by atoms with van der Waals surface area (Å²) in [5.41, 5.74) is 0.138. The van der Waals surface area contributed by atoms with Crippen molar-refractivity contribution in [1.82, 2.24) is 9.88 Å². The first-order chi connectivity index (χ1) is 8.04. The van der Waals surface area contributed by atoms with E-state index in [1.54, 1.807) is 11.9 Å². The van der Waals surface area contributed by atoms with E-state index in [2.05, 4.69) is 10.3 Å². The minimum atomic E-state index is -1.02. The number of carboxylic acids is 1. The lowest BCUT2D eigenvalue weighted by Crippen LogP contribution is -2.32. The Hall–Kier alpha value is -2.11. The molecule has 1 amide bonds. The minimum Gasteiger partial charge on any atom is -0.478 e. The van der Waals surface area contributed by atoms with Crippen molar-refractivity contribution in [3.8, 4) is 0 Å². The summed E-state index contributed by atoms with van der Waals surface area (Å²) >= 11 is 0. The number of nitrogens with zero attached hydrogens (tertiary/aromatic N) is 2. The van der Waals surface area contributed by atoms with Gasteiger partial charge in [0.05, 0.1) is 12.1 Å². The number of anilines is 1. The van der Waals surface area contributed by atoms with E-state index < -0.39 is 5.97 Å². The standard InChI is InChI=1S/C11H15N3O3/c1-3-14(2)10(15)7-13-9-6-8(11(16)17)4-5-12-9/h4-6H,3,7H2,1-2H3,(H,12,13)(H,16,17). The fourth-order valence-electron chi connectivity index (χ4n) is 1.14. The zero-order chi connectivity index (χ0) is 12.8. The Kier molecular flexibility index (Phi) is 4.45. The van der Waals surface area contributed by atoms with Gasteiger partial charge in [0.15, 0.2) is 0 Å². The van der Waals surface area contributed by atoms with Gasteiger partial charge in [0.2, 0.25) is 5.91 Å². The van der Waals surface area contributed by atoms with Crippen LogP contribution in [0.1, 0.15) is 17.3 Å². The number of carboxylic acid groups (broad SMARTS) is 1. The number of likely N-dealkylation sites (N-methyl/N-ethyl adjacent to an activating group) is 1. The average Bonchev–Trinajstić information content (AvgIpc) is 2.35. The van der Waals surface area contributed by atoms with Gasteiger partial charge in [-0.05, 0) is 19.1 Å². The number of aromatic nitrogens is 1. The first kappa shape index (κ1) is 13.0. The fourth-order valence-corrected chi connectivity index (χ4v) is 1.14. The van der Waals surface area contributed by atoms with Crippen LogP contribution in [0.3, 0.4) is 0 Å². The van der Waals surface area contributed by atoms with E-state index in [-0.39, 0.29) is 18.0 Å². The third kappa shape index (κ3) is 3.75. The molecular weight excluding hydrogens is 222 g/mol. The topological polar surface area (TPSA) is 82.5 Å². The number of carbonyl (C=O) groups is 2. The minimum absolute atomic E-state index is 0.0740. The molecule has 1 heterocycles. The summed E-state index contributed by atoms with van der Waals surface area (Å²) in [6.07, 6.45) is 1.39. The van der Waals surface area contributed by atoms with Crippen LogP contribution in [0, 0.1) is 0 Å². The first-order valence-corrected chi connectivity index (χ1v) is 5.21. The molecule has 0 unspecified atom stereocenters. The fraction of sp³-hybridized carbons (Fsp3) is 0.364. The van der Waals surface area contributed by atoms with Crippen molar-refractivity contribution in [1.29, 1.82) is 0 Å². The second kappa shape index (κ2) is 5.83. The van der Waals surface area contributed by atoms with Crippen molar-refractivity contribution in [3.63, 3.8) is 0 Å². The molecule has 2 N–H and O–H groups in total. The Labute approximate surface area is 99.3 Å². The molecule has 0 fully saturated rings. The number of pyridine rings is 1. The van der Waals surface area contributed by atoms with Gasteiger partial charge < -0.3 is 15.3 Å². The van der Waals surface area contributed by atoms with Crippen molar-refractivity contribution in [2.45, 2.75) is 6.92 Å². The summed E-state index contributed by atoms with van der Waals surface area (Å²) in [6, 6.07) is 2.79. The number of hydrogen-bond donors (Lipinski definition) is 2. The molecule has 0 aromatic carbocycles. The number of rotatable bonds is 5. The molecule has 0 aliphatic carbocycles. The van der Waals surface area contributed by atoms with Crippen LogP contribution in [0.4, 0.5) is 5.82 Å². The maximum atomic E-state index is 11.5. The number of amides is 1. The van der Waals surface area contributed by atoms with Crippen LogP contribution >= 0.6 is 0 Å². The second-order valence-electron chi connectivity index (χ2n) is 3.50. The predicted molar refractivity (Wildman–Crippen MR) is 63.0 cm³/mol. The Bertz CT molecular complexity index is 420. The number of aromatic carboxylic acids is 1. The lowest BCUT2D eigenvalue weighted by atomic mass is 10.2. The number of carbonyl (C=O) groups excluding carboxylic acids is 1. The summed E-state index contributed by atoms with van der Waals surface area (Å²) in [6.45, 7) is 2.60. The molecule has 0 bridgehead atoms. The van der Waals surface area contributed by atoms with Crippen molar-refractivity contribution in [2.75, 3.05) is 25.5 Å². The predicted octanol–water partition coefficient (Wildman–Crippen LogP) is 0.670. The second-order valence-corrected chi connectivity index (χ2v) is 3.50. The summed E-state index contributed by atoms with van der Waals surface area (Å²) < 4.78 is 0. The van der Waals surface area contributed by atoms with Gasteiger partial charge in [-0.2, -0.15) is 0 Å². The van der Waals surface area contributed by atoms with Gasteiger partial charge in [-0.1, -0.05) is 0 Å². The molecule has 17 heavy (non-hydrogen) atoms. The average molecular weight is 237 g/mol. The van der Waals surface area contributed by atoms with E-state index in [1.165, 1.54) is 18.3 Å². The third-order valence-corrected chi connectivity index (χ3v) is 2.33. The van der Waals surface area contributed by atoms with Crippen LogP contribution in [0.15, 0.2) is 18.3 Å². The maximum Gasteiger partial charge on any atom is 0.335 e. The maximum absolute atomic E-state index is 11.5. The van der Waals surface area contributed by atoms with Gasteiger partial charge in [0.25, 0.3) is 0 Å². The molecule has 6 nitrogen and oxygen atoms in total. The lowest BCUT2D eigenvalue weighted by Gasteiger charge is -2.14. The molecule has 92 valence electrons. The highest BCUT2D eigenvalue weighted by Gasteiger charge is 2.08. The summed E-state index contributed by atoms with van der Waals surface area (Å²) in [5.74, 6) is -0.717. The van der Waals surface area contributed by atoms with E-state index >= 15 is 0 Å². The molecule has 0 spiro atoms. The molecule has 0 atom stereocenters. The Morgan fingerprint density at radius 3 is 2.82 bits per heavy atom. The molecule has 0 radical (unpaired) electrons. The van der Waals surface area contributed by atoms with Crippen LogP contribution in [0.5, 0.6) is 0 Å². The van der Waals surface area contributed by atoms with E-state index in [0.717, 1.165) is 0 Å². The van der Waals surface area contributed by atoms with E-state index in [0.29, 0.717) is 12.4 Å². The van der Waals surface area contributed by atoms with Crippen LogP contribution in [0.2, 0.25) is 0 Å². The van der Waals surface area contributed by atoms with Crippen LogP contribution in [-0.2, 0) is 4.79 Å². The lowest BCUT2D eigenvalue weighted by molar-refractivity contribution is -0.127. The zero-order valence-electron chi connectivity index (χ0n) is 9.80. The van der Waals surface area contributed by atoms with Gasteiger partial charge in [0.1, 0.15) is 5.82 Å². The SMILES string of the molecule is CCN(C)C(=O)CNc1cc(C(=O)O)ccn1. The normalized spacial score (nSPS) is 9.76. The molecule has 1 aromatic heterocycles. The quantitative estimate of drug-likeness (QED) is 0.786. The van der Waals surface area contributed by atoms with Gasteiger partial charge >= 0.3 is 5.97 Å². The monoisotopic (exact) mass is 237 g/mol. The van der Waals surface area contributed by atoms with Gasteiger partial charge in [0, 0.05) is 19.8 Å². The van der Waals surface area contributed by atoms with Gasteiger partial charge in [-0.25, -0.2) is 9.78 Å². The van der Waals surface area contributed by atoms with E-state index in [1.807, 2.05) is 6.92 Å². The highest BCUT2D eigenvalue weighted by molar-refractivity contribution is 5.88. The van der Waals surface area contributed by atoms with Crippen LogP contribution in [0.25, 0.3) is 0 Å². The zero-order valence-corrected chi connectivity index (χ0v) is 9.80. The molecule has 0 saturated heterocycles. The van der Waals surface area contributed by atoms with Crippen molar-refractivity contribution < 1.29 is 14.7 Å². The highest BCUT2D eigenvalue weighted by atomic mass is 16.4.